The highest BCUT2D eigenvalue weighted by Crippen LogP contribution is 2.38. The second-order valence-corrected chi connectivity index (χ2v) is 14.2. The first-order valence-corrected chi connectivity index (χ1v) is 16.4. The Morgan fingerprint density at radius 2 is 1.84 bits per heavy atom. The molecule has 1 aliphatic carbocycles. The van der Waals surface area contributed by atoms with E-state index in [1.165, 1.54) is 22.4 Å². The standard InChI is InChI=1S/C35H45ClN6O2/c1-24-8-6-16-39(24)21-25-9-7-17-41(22-25)33(43)30-23-40(18-19-42(30)34(44)38-35(2,3)4)32-29-14-13-28(36)20-27(29)12-11-26-10-5-15-37-31(26)32/h5-6,8,10,13-16,20,25,30,32H,7,9,11-12,17-19,21-23H2,1-4H3,(H,38,44)/t25-,30-,32+/m1/s1. The van der Waals surface area contributed by atoms with E-state index in [0.29, 0.717) is 32.1 Å². The number of nitrogens with zero attached hydrogens (tertiary/aromatic N) is 5. The molecule has 4 heterocycles. The van der Waals surface area contributed by atoms with Crippen LogP contribution in [0.2, 0.25) is 5.02 Å². The summed E-state index contributed by atoms with van der Waals surface area (Å²) in [6.07, 6.45) is 7.82. The average Bonchev–Trinajstić information content (AvgIpc) is 3.32. The van der Waals surface area contributed by atoms with Gasteiger partial charge in [0.05, 0.1) is 11.7 Å². The van der Waals surface area contributed by atoms with Gasteiger partial charge in [-0.3, -0.25) is 14.7 Å². The van der Waals surface area contributed by atoms with E-state index in [1.807, 2.05) is 44.0 Å². The lowest BCUT2D eigenvalue weighted by atomic mass is 9.94. The lowest BCUT2D eigenvalue weighted by Crippen LogP contribution is -2.65. The minimum absolute atomic E-state index is 0.0406. The number of benzene rings is 1. The maximum atomic E-state index is 14.5. The number of fused-ring (bicyclic) bond motifs is 2. The molecule has 2 aromatic heterocycles. The Morgan fingerprint density at radius 1 is 1.02 bits per heavy atom. The van der Waals surface area contributed by atoms with Crippen molar-refractivity contribution in [2.24, 2.45) is 5.92 Å². The molecule has 6 rings (SSSR count). The summed E-state index contributed by atoms with van der Waals surface area (Å²) < 4.78 is 2.28. The summed E-state index contributed by atoms with van der Waals surface area (Å²) in [5.74, 6) is 0.420. The number of piperazine rings is 1. The zero-order valence-corrected chi connectivity index (χ0v) is 27.2. The van der Waals surface area contributed by atoms with Crippen molar-refractivity contribution in [3.05, 3.63) is 88.0 Å². The van der Waals surface area contributed by atoms with Gasteiger partial charge in [0.15, 0.2) is 0 Å². The number of likely N-dealkylation sites (tertiary alicyclic amines) is 1. The molecule has 2 aliphatic heterocycles. The molecule has 44 heavy (non-hydrogen) atoms. The molecule has 8 nitrogen and oxygen atoms in total. The largest absolute Gasteiger partial charge is 0.351 e. The van der Waals surface area contributed by atoms with Crippen LogP contribution in [0.3, 0.4) is 0 Å². The molecule has 1 N–H and O–H groups in total. The Kier molecular flexibility index (Phi) is 8.75. The molecule has 3 amide bonds. The molecule has 0 radical (unpaired) electrons. The number of aromatic nitrogens is 2. The first kappa shape index (κ1) is 30.7. The zero-order valence-electron chi connectivity index (χ0n) is 26.4. The minimum Gasteiger partial charge on any atom is -0.351 e. The summed E-state index contributed by atoms with van der Waals surface area (Å²) in [5.41, 5.74) is 5.49. The number of hydrogen-bond acceptors (Lipinski definition) is 4. The van der Waals surface area contributed by atoms with Crippen LogP contribution in [-0.2, 0) is 24.2 Å². The van der Waals surface area contributed by atoms with Gasteiger partial charge in [0.25, 0.3) is 0 Å². The molecule has 1 aromatic carbocycles. The molecule has 2 saturated heterocycles. The molecule has 3 atom stereocenters. The van der Waals surface area contributed by atoms with Crippen LogP contribution in [0.1, 0.15) is 67.7 Å². The number of piperidine rings is 1. The molecular weight excluding hydrogens is 572 g/mol. The van der Waals surface area contributed by atoms with Crippen LogP contribution in [0.5, 0.6) is 0 Å². The Balaban J connectivity index is 1.31. The number of halogens is 1. The second-order valence-electron chi connectivity index (χ2n) is 13.8. The molecule has 2 fully saturated rings. The van der Waals surface area contributed by atoms with Gasteiger partial charge in [-0.25, -0.2) is 4.79 Å². The number of amides is 3. The molecule has 0 spiro atoms. The Hall–Kier alpha value is -3.36. The summed E-state index contributed by atoms with van der Waals surface area (Å²) in [6.45, 7) is 11.9. The number of carbonyl (C=O) groups excluding carboxylic acids is 2. The van der Waals surface area contributed by atoms with Gasteiger partial charge in [-0.2, -0.15) is 0 Å². The topological polar surface area (TPSA) is 73.7 Å². The predicted octanol–water partition coefficient (Wildman–Crippen LogP) is 5.47. The van der Waals surface area contributed by atoms with Crippen molar-refractivity contribution in [3.63, 3.8) is 0 Å². The first-order valence-electron chi connectivity index (χ1n) is 16.0. The SMILES string of the molecule is Cc1cccn1C[C@H]1CCCN(C(=O)[C@H]2CN([C@H]3c4ccc(Cl)cc4CCc4cccnc43)CCN2C(=O)NC(C)(C)C)C1. The Bertz CT molecular complexity index is 1510. The van der Waals surface area contributed by atoms with Gasteiger partial charge in [0.2, 0.25) is 5.91 Å². The number of pyridine rings is 1. The monoisotopic (exact) mass is 616 g/mol. The average molecular weight is 617 g/mol. The normalized spacial score (nSPS) is 22.6. The van der Waals surface area contributed by atoms with E-state index in [1.54, 1.807) is 4.90 Å². The van der Waals surface area contributed by atoms with Crippen molar-refractivity contribution < 1.29 is 9.59 Å². The third kappa shape index (κ3) is 6.52. The van der Waals surface area contributed by atoms with E-state index >= 15 is 0 Å². The smallest absolute Gasteiger partial charge is 0.318 e. The fourth-order valence-corrected chi connectivity index (χ4v) is 7.44. The van der Waals surface area contributed by atoms with Crippen LogP contribution in [0, 0.1) is 12.8 Å². The van der Waals surface area contributed by atoms with Gasteiger partial charge in [-0.05, 0) is 106 Å². The maximum Gasteiger partial charge on any atom is 0.318 e. The first-order chi connectivity index (χ1) is 21.1. The molecule has 0 bridgehead atoms. The molecule has 234 valence electrons. The van der Waals surface area contributed by atoms with Gasteiger partial charge < -0.3 is 19.7 Å². The number of rotatable bonds is 4. The van der Waals surface area contributed by atoms with Crippen LogP contribution >= 0.6 is 11.6 Å². The summed E-state index contributed by atoms with van der Waals surface area (Å²) in [7, 11) is 0. The number of hydrogen-bond donors (Lipinski definition) is 1. The fourth-order valence-electron chi connectivity index (χ4n) is 7.25. The van der Waals surface area contributed by atoms with E-state index in [2.05, 4.69) is 58.2 Å². The highest BCUT2D eigenvalue weighted by molar-refractivity contribution is 6.30. The van der Waals surface area contributed by atoms with E-state index in [9.17, 15) is 9.59 Å². The Labute approximate surface area is 266 Å². The van der Waals surface area contributed by atoms with Crippen molar-refractivity contribution in [3.8, 4) is 0 Å². The lowest BCUT2D eigenvalue weighted by molar-refractivity contribution is -0.140. The highest BCUT2D eigenvalue weighted by atomic mass is 35.5. The van der Waals surface area contributed by atoms with Crippen molar-refractivity contribution in [1.82, 2.24) is 29.6 Å². The van der Waals surface area contributed by atoms with E-state index in [0.717, 1.165) is 49.5 Å². The van der Waals surface area contributed by atoms with Crippen molar-refractivity contribution in [1.29, 1.82) is 0 Å². The van der Waals surface area contributed by atoms with Crippen molar-refractivity contribution >= 4 is 23.5 Å². The summed E-state index contributed by atoms with van der Waals surface area (Å²) >= 11 is 6.47. The molecule has 0 saturated carbocycles. The third-order valence-corrected chi connectivity index (χ3v) is 9.63. The number of carbonyl (C=O) groups is 2. The second kappa shape index (κ2) is 12.6. The molecule has 3 aliphatic rings. The summed E-state index contributed by atoms with van der Waals surface area (Å²) in [4.78, 5) is 39.3. The van der Waals surface area contributed by atoms with Gasteiger partial charge in [0, 0.05) is 67.9 Å². The van der Waals surface area contributed by atoms with Crippen LogP contribution in [0.4, 0.5) is 4.79 Å². The van der Waals surface area contributed by atoms with Crippen LogP contribution in [-0.4, -0.2) is 80.5 Å². The van der Waals surface area contributed by atoms with Crippen molar-refractivity contribution in [2.45, 2.75) is 77.5 Å². The van der Waals surface area contributed by atoms with Gasteiger partial charge in [0.1, 0.15) is 6.04 Å². The molecular formula is C35H45ClN6O2. The van der Waals surface area contributed by atoms with E-state index in [-0.39, 0.29) is 18.0 Å². The molecule has 9 heteroatoms. The van der Waals surface area contributed by atoms with Gasteiger partial charge in [-0.1, -0.05) is 23.7 Å². The number of urea groups is 1. The number of nitrogens with one attached hydrogen (secondary N) is 1. The van der Waals surface area contributed by atoms with Crippen LogP contribution in [0.25, 0.3) is 0 Å². The maximum absolute atomic E-state index is 14.5. The predicted molar refractivity (Wildman–Crippen MR) is 174 cm³/mol. The number of aryl methyl sites for hydroxylation is 3. The molecule has 3 aromatic rings. The van der Waals surface area contributed by atoms with Crippen LogP contribution < -0.4 is 5.32 Å². The van der Waals surface area contributed by atoms with E-state index in [4.69, 9.17) is 16.6 Å². The summed E-state index contributed by atoms with van der Waals surface area (Å²) in [5, 5.41) is 3.86. The fraction of sp³-hybridized carbons (Fsp3) is 0.514. The third-order valence-electron chi connectivity index (χ3n) is 9.40. The zero-order chi connectivity index (χ0) is 31.0. The summed E-state index contributed by atoms with van der Waals surface area (Å²) in [6, 6.07) is 13.6. The van der Waals surface area contributed by atoms with Gasteiger partial charge in [-0.15, -0.1) is 0 Å². The van der Waals surface area contributed by atoms with Crippen molar-refractivity contribution in [2.75, 3.05) is 32.7 Å². The Morgan fingerprint density at radius 3 is 2.61 bits per heavy atom. The lowest BCUT2D eigenvalue weighted by Gasteiger charge is -2.46. The quantitative estimate of drug-likeness (QED) is 0.422. The highest BCUT2D eigenvalue weighted by Gasteiger charge is 2.43. The van der Waals surface area contributed by atoms with Crippen LogP contribution in [0.15, 0.2) is 54.9 Å². The molecule has 0 unspecified atom stereocenters. The minimum atomic E-state index is -0.593. The van der Waals surface area contributed by atoms with Gasteiger partial charge >= 0.3 is 6.03 Å². The van der Waals surface area contributed by atoms with E-state index < -0.39 is 11.6 Å².